The van der Waals surface area contributed by atoms with Crippen LogP contribution in [0.15, 0.2) is 59.5 Å². The van der Waals surface area contributed by atoms with E-state index in [0.717, 1.165) is 18.4 Å². The van der Waals surface area contributed by atoms with Crippen molar-refractivity contribution >= 4 is 16.8 Å². The zero-order valence-electron chi connectivity index (χ0n) is 16.7. The van der Waals surface area contributed by atoms with Gasteiger partial charge in [-0.2, -0.15) is 10.4 Å². The maximum atomic E-state index is 12.5. The topological polar surface area (TPSA) is 87.8 Å². The van der Waals surface area contributed by atoms with Crippen molar-refractivity contribution in [2.75, 3.05) is 0 Å². The van der Waals surface area contributed by atoms with E-state index in [-0.39, 0.29) is 17.4 Å². The predicted molar refractivity (Wildman–Crippen MR) is 113 cm³/mol. The number of hydrogen-bond donors (Lipinski definition) is 1. The lowest BCUT2D eigenvalue weighted by molar-refractivity contribution is 0.0932. The molecule has 0 radical (unpaired) electrons. The summed E-state index contributed by atoms with van der Waals surface area (Å²) in [6.07, 6.45) is 3.46. The monoisotopic (exact) mass is 398 g/mol. The van der Waals surface area contributed by atoms with Crippen molar-refractivity contribution in [2.24, 2.45) is 17.8 Å². The van der Waals surface area contributed by atoms with Gasteiger partial charge in [0.1, 0.15) is 0 Å². The molecule has 2 aliphatic rings. The number of hydrogen-bond acceptors (Lipinski definition) is 4. The van der Waals surface area contributed by atoms with Gasteiger partial charge < -0.3 is 5.32 Å². The summed E-state index contributed by atoms with van der Waals surface area (Å²) >= 11 is 0. The molecule has 5 atom stereocenters. The highest BCUT2D eigenvalue weighted by Gasteiger charge is 2.58. The van der Waals surface area contributed by atoms with Gasteiger partial charge in [-0.05, 0) is 73.9 Å². The van der Waals surface area contributed by atoms with Gasteiger partial charge in [0.05, 0.1) is 29.4 Å². The van der Waals surface area contributed by atoms with Crippen molar-refractivity contribution < 1.29 is 4.79 Å². The van der Waals surface area contributed by atoms with Crippen molar-refractivity contribution in [2.45, 2.75) is 31.8 Å². The van der Waals surface area contributed by atoms with Gasteiger partial charge in [0.25, 0.3) is 5.91 Å². The summed E-state index contributed by atoms with van der Waals surface area (Å²) in [4.78, 5) is 24.6. The smallest absolute Gasteiger partial charge is 0.251 e. The Bertz CT molecular complexity index is 1210. The van der Waals surface area contributed by atoms with Crippen molar-refractivity contribution in [3.8, 4) is 6.07 Å². The van der Waals surface area contributed by atoms with Crippen molar-refractivity contribution in [1.82, 2.24) is 15.1 Å². The summed E-state index contributed by atoms with van der Waals surface area (Å²) in [6, 6.07) is 16.8. The minimum absolute atomic E-state index is 0.0398. The van der Waals surface area contributed by atoms with Crippen molar-refractivity contribution in [3.63, 3.8) is 0 Å². The van der Waals surface area contributed by atoms with E-state index >= 15 is 0 Å². The Morgan fingerprint density at radius 3 is 2.57 bits per heavy atom. The summed E-state index contributed by atoms with van der Waals surface area (Å²) in [5, 5.41) is 17.2. The number of nitriles is 1. The molecule has 1 aromatic heterocycles. The molecule has 1 N–H and O–H groups in total. The Labute approximate surface area is 174 Å². The number of para-hydroxylation sites is 1. The van der Waals surface area contributed by atoms with Crippen molar-refractivity contribution in [3.05, 3.63) is 76.1 Å². The second-order valence-electron chi connectivity index (χ2n) is 8.45. The van der Waals surface area contributed by atoms with Gasteiger partial charge in [-0.3, -0.25) is 14.3 Å². The molecule has 2 aliphatic carbocycles. The standard InChI is InChI=1S/C24H22N4O2/c1-14(27-24(30)16-8-6-15(12-25)7-9-16)23-19-10-17(11-20(19)23)28-21-5-3-2-4-18(21)22(29)13-26-28/h2-9,13-14,17,19-20,23H,10-11H2,1H3,(H,27,30)/t14?,17-,19-,20+,23+. The normalized spacial score (nSPS) is 25.3. The second kappa shape index (κ2) is 7.10. The molecule has 2 aromatic carbocycles. The number of aromatic nitrogens is 2. The highest BCUT2D eigenvalue weighted by molar-refractivity contribution is 5.94. The van der Waals surface area contributed by atoms with Crippen LogP contribution < -0.4 is 10.7 Å². The number of nitrogens with zero attached hydrogens (tertiary/aromatic N) is 3. The number of benzene rings is 2. The van der Waals surface area contributed by atoms with E-state index in [1.54, 1.807) is 24.3 Å². The third kappa shape index (κ3) is 3.07. The van der Waals surface area contributed by atoms with Gasteiger partial charge in [0.2, 0.25) is 5.43 Å². The van der Waals surface area contributed by atoms with Gasteiger partial charge in [0.15, 0.2) is 0 Å². The zero-order valence-corrected chi connectivity index (χ0v) is 16.7. The molecule has 1 unspecified atom stereocenters. The molecule has 30 heavy (non-hydrogen) atoms. The lowest BCUT2D eigenvalue weighted by Crippen LogP contribution is -2.35. The lowest BCUT2D eigenvalue weighted by Gasteiger charge is -2.21. The SMILES string of the molecule is CC(NC(=O)c1ccc(C#N)cc1)[C@H]1[C@@H]2C[C@@H](n3ncc(=O)c4ccccc43)C[C@@H]21. The van der Waals surface area contributed by atoms with Crippen LogP contribution in [0.3, 0.4) is 0 Å². The van der Waals surface area contributed by atoms with Crippen LogP contribution in [0, 0.1) is 29.1 Å². The molecule has 6 nitrogen and oxygen atoms in total. The first-order valence-electron chi connectivity index (χ1n) is 10.3. The van der Waals surface area contributed by atoms with Crippen LogP contribution in [0.25, 0.3) is 10.9 Å². The fourth-order valence-corrected chi connectivity index (χ4v) is 5.31. The third-order valence-electron chi connectivity index (χ3n) is 6.76. The Morgan fingerprint density at radius 1 is 1.17 bits per heavy atom. The molecular formula is C24H22N4O2. The molecule has 5 rings (SSSR count). The molecule has 0 bridgehead atoms. The summed E-state index contributed by atoms with van der Waals surface area (Å²) in [6.45, 7) is 2.08. The number of carbonyl (C=O) groups is 1. The first-order chi connectivity index (χ1) is 14.6. The fraction of sp³-hybridized carbons (Fsp3) is 0.333. The minimum atomic E-state index is -0.0958. The van der Waals surface area contributed by atoms with Crippen LogP contribution in [-0.4, -0.2) is 21.7 Å². The zero-order chi connectivity index (χ0) is 20.8. The predicted octanol–water partition coefficient (Wildman–Crippen LogP) is 3.28. The average Bonchev–Trinajstić information content (AvgIpc) is 3.28. The maximum absolute atomic E-state index is 12.5. The molecule has 0 spiro atoms. The molecule has 2 saturated carbocycles. The van der Waals surface area contributed by atoms with E-state index in [9.17, 15) is 9.59 Å². The molecule has 3 aromatic rings. The maximum Gasteiger partial charge on any atom is 0.251 e. The number of fused-ring (bicyclic) bond motifs is 2. The molecule has 1 amide bonds. The Balaban J connectivity index is 1.25. The second-order valence-corrected chi connectivity index (χ2v) is 8.45. The van der Waals surface area contributed by atoms with E-state index in [1.807, 2.05) is 28.9 Å². The molecule has 0 saturated heterocycles. The van der Waals surface area contributed by atoms with E-state index in [4.69, 9.17) is 5.26 Å². The van der Waals surface area contributed by atoms with E-state index in [0.29, 0.717) is 40.3 Å². The summed E-state index contributed by atoms with van der Waals surface area (Å²) in [5.41, 5.74) is 1.98. The number of nitrogens with one attached hydrogen (secondary N) is 1. The Morgan fingerprint density at radius 2 is 1.87 bits per heavy atom. The first-order valence-corrected chi connectivity index (χ1v) is 10.3. The summed E-state index contributed by atoms with van der Waals surface area (Å²) in [7, 11) is 0. The lowest BCUT2D eigenvalue weighted by atomic mass is 10.0. The van der Waals surface area contributed by atoms with Crippen LogP contribution in [0.1, 0.15) is 41.7 Å². The molecule has 6 heteroatoms. The average molecular weight is 398 g/mol. The number of amides is 1. The Kier molecular flexibility index (Phi) is 4.39. The summed E-state index contributed by atoms with van der Waals surface area (Å²) in [5.74, 6) is 1.54. The first kappa shape index (κ1) is 18.6. The summed E-state index contributed by atoms with van der Waals surface area (Å²) < 4.78 is 2.01. The van der Waals surface area contributed by atoms with Gasteiger partial charge >= 0.3 is 0 Å². The molecule has 1 heterocycles. The molecule has 0 aliphatic heterocycles. The number of rotatable bonds is 4. The number of carbonyl (C=O) groups excluding carboxylic acids is 1. The van der Waals surface area contributed by atoms with Gasteiger partial charge in [0, 0.05) is 17.0 Å². The highest BCUT2D eigenvalue weighted by Crippen LogP contribution is 2.62. The van der Waals surface area contributed by atoms with Gasteiger partial charge in [-0.25, -0.2) is 0 Å². The van der Waals surface area contributed by atoms with Crippen molar-refractivity contribution in [1.29, 1.82) is 5.26 Å². The van der Waals surface area contributed by atoms with Crippen LogP contribution in [-0.2, 0) is 0 Å². The molecule has 2 fully saturated rings. The molecular weight excluding hydrogens is 376 g/mol. The van der Waals surface area contributed by atoms with Gasteiger partial charge in [-0.15, -0.1) is 0 Å². The fourth-order valence-electron chi connectivity index (χ4n) is 5.31. The van der Waals surface area contributed by atoms with E-state index in [2.05, 4.69) is 23.4 Å². The van der Waals surface area contributed by atoms with Crippen LogP contribution >= 0.6 is 0 Å². The molecule has 150 valence electrons. The Hall–Kier alpha value is -3.46. The van der Waals surface area contributed by atoms with Crippen LogP contribution in [0.4, 0.5) is 0 Å². The van der Waals surface area contributed by atoms with E-state index in [1.165, 1.54) is 6.20 Å². The van der Waals surface area contributed by atoms with Crippen LogP contribution in [0.2, 0.25) is 0 Å². The van der Waals surface area contributed by atoms with Gasteiger partial charge in [-0.1, -0.05) is 12.1 Å². The van der Waals surface area contributed by atoms with Crippen LogP contribution in [0.5, 0.6) is 0 Å². The quantitative estimate of drug-likeness (QED) is 0.731. The third-order valence-corrected chi connectivity index (χ3v) is 6.76. The highest BCUT2D eigenvalue weighted by atomic mass is 16.1. The van der Waals surface area contributed by atoms with E-state index < -0.39 is 0 Å². The minimum Gasteiger partial charge on any atom is -0.349 e. The largest absolute Gasteiger partial charge is 0.349 e.